The summed E-state index contributed by atoms with van der Waals surface area (Å²) in [5.74, 6) is 0.0699. The summed E-state index contributed by atoms with van der Waals surface area (Å²) in [7, 11) is 1.78. The molecule has 4 heteroatoms. The summed E-state index contributed by atoms with van der Waals surface area (Å²) < 4.78 is 1.59. The Morgan fingerprint density at radius 2 is 2.31 bits per heavy atom. The third kappa shape index (κ3) is 3.19. The Bertz CT molecular complexity index is 334. The summed E-state index contributed by atoms with van der Waals surface area (Å²) in [5, 5.41) is 7.57. The van der Waals surface area contributed by atoms with Crippen molar-refractivity contribution < 1.29 is 4.79 Å². The highest BCUT2D eigenvalue weighted by molar-refractivity contribution is 5.91. The minimum absolute atomic E-state index is 0.0699. The molecule has 1 heterocycles. The van der Waals surface area contributed by atoms with Crippen molar-refractivity contribution in [3.8, 4) is 0 Å². The van der Waals surface area contributed by atoms with Crippen molar-refractivity contribution in [2.75, 3.05) is 0 Å². The number of ketones is 1. The number of allylic oxidation sites excluding steroid dienone is 2. The van der Waals surface area contributed by atoms with Gasteiger partial charge < -0.3 is 0 Å². The van der Waals surface area contributed by atoms with E-state index < -0.39 is 0 Å². The maximum atomic E-state index is 11.3. The fraction of sp³-hybridized carbons (Fsp3) is 0.444. The average Bonchev–Trinajstić information content (AvgIpc) is 2.33. The van der Waals surface area contributed by atoms with E-state index in [4.69, 9.17) is 0 Å². The van der Waals surface area contributed by atoms with Gasteiger partial charge in [0.15, 0.2) is 5.78 Å². The zero-order valence-corrected chi connectivity index (χ0v) is 8.11. The van der Waals surface area contributed by atoms with Gasteiger partial charge in [-0.25, -0.2) is 0 Å². The molecule has 0 aliphatic heterocycles. The van der Waals surface area contributed by atoms with Crippen LogP contribution >= 0.6 is 0 Å². The van der Waals surface area contributed by atoms with Gasteiger partial charge in [-0.3, -0.25) is 9.48 Å². The van der Waals surface area contributed by atoms with Gasteiger partial charge in [0.05, 0.1) is 12.1 Å². The molecule has 0 aliphatic rings. The van der Waals surface area contributed by atoms with Crippen LogP contribution in [0.15, 0.2) is 17.8 Å². The first-order valence-electron chi connectivity index (χ1n) is 4.11. The molecule has 0 spiro atoms. The highest BCUT2D eigenvalue weighted by Crippen LogP contribution is 1.97. The molecule has 1 rings (SSSR count). The summed E-state index contributed by atoms with van der Waals surface area (Å²) in [6.45, 7) is 3.79. The molecule has 0 aromatic carbocycles. The van der Waals surface area contributed by atoms with Crippen molar-refractivity contribution in [2.24, 2.45) is 7.05 Å². The monoisotopic (exact) mass is 179 g/mol. The molecule has 0 amide bonds. The number of nitrogens with zero attached hydrogens (tertiary/aromatic N) is 3. The van der Waals surface area contributed by atoms with E-state index in [1.165, 1.54) is 0 Å². The molecule has 0 saturated heterocycles. The lowest BCUT2D eigenvalue weighted by Crippen LogP contribution is -1.99. The predicted molar refractivity (Wildman–Crippen MR) is 49.1 cm³/mol. The second-order valence-electron chi connectivity index (χ2n) is 3.25. The molecule has 70 valence electrons. The molecule has 0 saturated carbocycles. The van der Waals surface area contributed by atoms with Crippen LogP contribution in [-0.4, -0.2) is 20.8 Å². The number of hydrogen-bond donors (Lipinski definition) is 0. The van der Waals surface area contributed by atoms with Crippen molar-refractivity contribution in [2.45, 2.75) is 20.3 Å². The number of carbonyl (C=O) groups is 1. The summed E-state index contributed by atoms with van der Waals surface area (Å²) in [4.78, 5) is 11.3. The molecule has 4 nitrogen and oxygen atoms in total. The largest absolute Gasteiger partial charge is 0.294 e. The van der Waals surface area contributed by atoms with Crippen molar-refractivity contribution in [1.29, 1.82) is 0 Å². The van der Waals surface area contributed by atoms with Gasteiger partial charge in [-0.15, -0.1) is 5.10 Å². The van der Waals surface area contributed by atoms with Crippen LogP contribution < -0.4 is 0 Å². The van der Waals surface area contributed by atoms with E-state index in [-0.39, 0.29) is 5.78 Å². The Balaban J connectivity index is 2.60. The van der Waals surface area contributed by atoms with Gasteiger partial charge >= 0.3 is 0 Å². The van der Waals surface area contributed by atoms with Crippen LogP contribution in [0.2, 0.25) is 0 Å². The minimum Gasteiger partial charge on any atom is -0.294 e. The summed E-state index contributed by atoms with van der Waals surface area (Å²) >= 11 is 0. The van der Waals surface area contributed by atoms with Crippen LogP contribution in [0.4, 0.5) is 0 Å². The van der Waals surface area contributed by atoms with Crippen molar-refractivity contribution in [1.82, 2.24) is 15.0 Å². The Morgan fingerprint density at radius 1 is 1.62 bits per heavy atom. The van der Waals surface area contributed by atoms with Gasteiger partial charge in [-0.05, 0) is 19.9 Å². The van der Waals surface area contributed by atoms with Crippen molar-refractivity contribution >= 4 is 5.78 Å². The Kier molecular flexibility index (Phi) is 2.95. The van der Waals surface area contributed by atoms with Crippen LogP contribution in [0.3, 0.4) is 0 Å². The van der Waals surface area contributed by atoms with Crippen LogP contribution in [0, 0.1) is 0 Å². The van der Waals surface area contributed by atoms with E-state index in [0.29, 0.717) is 12.1 Å². The average molecular weight is 179 g/mol. The SMILES string of the molecule is CC(C)=CC(=O)Cc1cn(C)nn1. The van der Waals surface area contributed by atoms with Crippen LogP contribution in [0.25, 0.3) is 0 Å². The molecule has 0 unspecified atom stereocenters. The Hall–Kier alpha value is -1.45. The number of hydrogen-bond acceptors (Lipinski definition) is 3. The van der Waals surface area contributed by atoms with Gasteiger partial charge in [0, 0.05) is 13.2 Å². The van der Waals surface area contributed by atoms with Crippen LogP contribution in [0.1, 0.15) is 19.5 Å². The lowest BCUT2D eigenvalue weighted by atomic mass is 10.2. The van der Waals surface area contributed by atoms with Gasteiger partial charge in [0.1, 0.15) is 0 Å². The molecule has 0 fully saturated rings. The standard InChI is InChI=1S/C9H13N3O/c1-7(2)4-9(13)5-8-6-12(3)11-10-8/h4,6H,5H2,1-3H3. The fourth-order valence-electron chi connectivity index (χ4n) is 1.03. The Labute approximate surface area is 77.3 Å². The molecular weight excluding hydrogens is 166 g/mol. The normalized spacial score (nSPS) is 9.77. The smallest absolute Gasteiger partial charge is 0.161 e. The van der Waals surface area contributed by atoms with E-state index >= 15 is 0 Å². The third-order valence-corrected chi connectivity index (χ3v) is 1.46. The number of aromatic nitrogens is 3. The predicted octanol–water partition coefficient (Wildman–Crippen LogP) is 0.893. The molecule has 1 aromatic rings. The molecule has 13 heavy (non-hydrogen) atoms. The van der Waals surface area contributed by atoms with Crippen LogP contribution in [0.5, 0.6) is 0 Å². The second kappa shape index (κ2) is 3.98. The summed E-state index contributed by atoms with van der Waals surface area (Å²) in [6, 6.07) is 0. The van der Waals surface area contributed by atoms with E-state index in [0.717, 1.165) is 5.57 Å². The van der Waals surface area contributed by atoms with E-state index in [1.807, 2.05) is 13.8 Å². The first kappa shape index (κ1) is 9.64. The molecule has 0 atom stereocenters. The van der Waals surface area contributed by atoms with Gasteiger partial charge in [0.25, 0.3) is 0 Å². The molecule has 0 aliphatic carbocycles. The number of aryl methyl sites for hydroxylation is 1. The van der Waals surface area contributed by atoms with E-state index in [1.54, 1.807) is 24.0 Å². The van der Waals surface area contributed by atoms with Gasteiger partial charge in [0.2, 0.25) is 0 Å². The zero-order chi connectivity index (χ0) is 9.84. The summed E-state index contributed by atoms with van der Waals surface area (Å²) in [5.41, 5.74) is 1.72. The van der Waals surface area contributed by atoms with E-state index in [9.17, 15) is 4.79 Å². The summed E-state index contributed by atoms with van der Waals surface area (Å²) in [6.07, 6.45) is 3.70. The first-order chi connectivity index (χ1) is 6.08. The molecule has 0 bridgehead atoms. The molecule has 0 radical (unpaired) electrons. The van der Waals surface area contributed by atoms with Crippen LogP contribution in [-0.2, 0) is 18.3 Å². The maximum Gasteiger partial charge on any atom is 0.161 e. The van der Waals surface area contributed by atoms with Crippen molar-refractivity contribution in [3.63, 3.8) is 0 Å². The fourth-order valence-corrected chi connectivity index (χ4v) is 1.03. The number of carbonyl (C=O) groups excluding carboxylic acids is 1. The van der Waals surface area contributed by atoms with Gasteiger partial charge in [-0.2, -0.15) is 0 Å². The first-order valence-corrected chi connectivity index (χ1v) is 4.11. The zero-order valence-electron chi connectivity index (χ0n) is 8.11. The molecular formula is C9H13N3O. The topological polar surface area (TPSA) is 47.8 Å². The van der Waals surface area contributed by atoms with E-state index in [2.05, 4.69) is 10.3 Å². The van der Waals surface area contributed by atoms with Gasteiger partial charge in [-0.1, -0.05) is 10.8 Å². The lowest BCUT2D eigenvalue weighted by molar-refractivity contribution is -0.114. The quantitative estimate of drug-likeness (QED) is 0.647. The molecule has 1 aromatic heterocycles. The Morgan fingerprint density at radius 3 is 2.77 bits per heavy atom. The highest BCUT2D eigenvalue weighted by atomic mass is 16.1. The highest BCUT2D eigenvalue weighted by Gasteiger charge is 2.03. The number of rotatable bonds is 3. The second-order valence-corrected chi connectivity index (χ2v) is 3.25. The minimum atomic E-state index is 0.0699. The maximum absolute atomic E-state index is 11.3. The van der Waals surface area contributed by atoms with Crippen molar-refractivity contribution in [3.05, 3.63) is 23.5 Å². The lowest BCUT2D eigenvalue weighted by Gasteiger charge is -1.90. The third-order valence-electron chi connectivity index (χ3n) is 1.46. The molecule has 0 N–H and O–H groups in total.